The molecule has 3 heterocycles. The minimum absolute atomic E-state index is 0.267. The van der Waals surface area contributed by atoms with Crippen LogP contribution < -0.4 is 0 Å². The summed E-state index contributed by atoms with van der Waals surface area (Å²) in [5.74, 6) is 1.21. The highest BCUT2D eigenvalue weighted by Gasteiger charge is 2.18. The van der Waals surface area contributed by atoms with Crippen molar-refractivity contribution in [3.63, 3.8) is 0 Å². The van der Waals surface area contributed by atoms with Crippen LogP contribution in [0, 0.1) is 12.7 Å². The largest absolute Gasteiger partial charge is 0.379 e. The van der Waals surface area contributed by atoms with Gasteiger partial charge in [-0.25, -0.2) is 9.37 Å². The van der Waals surface area contributed by atoms with Crippen LogP contribution in [0.1, 0.15) is 5.82 Å². The Kier molecular flexibility index (Phi) is 5.77. The van der Waals surface area contributed by atoms with Gasteiger partial charge in [0.1, 0.15) is 11.6 Å². The maximum Gasteiger partial charge on any atom is 0.198 e. The minimum atomic E-state index is -0.267. The zero-order chi connectivity index (χ0) is 18.6. The number of ether oxygens (including phenoxy) is 1. The predicted molar refractivity (Wildman–Crippen MR) is 101 cm³/mol. The lowest BCUT2D eigenvalue weighted by molar-refractivity contribution is 0.0361. The summed E-state index contributed by atoms with van der Waals surface area (Å²) in [5, 5.41) is 9.49. The van der Waals surface area contributed by atoms with Crippen molar-refractivity contribution >= 4 is 23.3 Å². The molecule has 7 nitrogen and oxygen atoms in total. The summed E-state index contributed by atoms with van der Waals surface area (Å²) in [7, 11) is 0. The summed E-state index contributed by atoms with van der Waals surface area (Å²) in [4.78, 5) is 6.77. The Morgan fingerprint density at radius 1 is 1.15 bits per heavy atom. The molecule has 4 rings (SSSR count). The minimum Gasteiger partial charge on any atom is -0.379 e. The molecular weight excluding hydrogens is 387 g/mol. The molecule has 1 saturated heterocycles. The smallest absolute Gasteiger partial charge is 0.198 e. The summed E-state index contributed by atoms with van der Waals surface area (Å²) < 4.78 is 25.9. The lowest BCUT2D eigenvalue weighted by atomic mass is 10.2. The van der Waals surface area contributed by atoms with E-state index in [9.17, 15) is 4.39 Å². The molecule has 1 aromatic carbocycles. The maximum atomic E-state index is 13.3. The first-order chi connectivity index (χ1) is 13.2. The number of hydrogen-bond donors (Lipinski definition) is 0. The van der Waals surface area contributed by atoms with E-state index in [-0.39, 0.29) is 5.82 Å². The highest BCUT2D eigenvalue weighted by molar-refractivity contribution is 8.00. The molecular formula is C17H19FN6OS2. The number of aromatic nitrogens is 5. The van der Waals surface area contributed by atoms with E-state index in [1.165, 1.54) is 35.4 Å². The first-order valence-corrected chi connectivity index (χ1v) is 10.3. The number of rotatable bonds is 6. The van der Waals surface area contributed by atoms with Gasteiger partial charge in [0, 0.05) is 31.7 Å². The molecule has 0 bridgehead atoms. The van der Waals surface area contributed by atoms with Gasteiger partial charge in [-0.2, -0.15) is 4.37 Å². The van der Waals surface area contributed by atoms with E-state index in [1.54, 1.807) is 12.1 Å². The van der Waals surface area contributed by atoms with Gasteiger partial charge in [-0.3, -0.25) is 4.90 Å². The van der Waals surface area contributed by atoms with E-state index in [0.29, 0.717) is 0 Å². The normalized spacial score (nSPS) is 15.3. The van der Waals surface area contributed by atoms with Gasteiger partial charge in [-0.15, -0.1) is 10.2 Å². The Hall–Kier alpha value is -1.88. The molecule has 27 heavy (non-hydrogen) atoms. The van der Waals surface area contributed by atoms with Crippen molar-refractivity contribution < 1.29 is 9.13 Å². The fourth-order valence-corrected chi connectivity index (χ4v) is 4.45. The summed E-state index contributed by atoms with van der Waals surface area (Å²) in [6, 6.07) is 6.34. The zero-order valence-electron chi connectivity index (χ0n) is 14.8. The van der Waals surface area contributed by atoms with E-state index in [4.69, 9.17) is 4.74 Å². The Balaban J connectivity index is 1.60. The van der Waals surface area contributed by atoms with Gasteiger partial charge >= 0.3 is 0 Å². The van der Waals surface area contributed by atoms with Crippen LogP contribution >= 0.6 is 23.3 Å². The number of aryl methyl sites for hydroxylation is 1. The Morgan fingerprint density at radius 3 is 2.63 bits per heavy atom. The second-order valence-corrected chi connectivity index (χ2v) is 8.09. The van der Waals surface area contributed by atoms with Crippen molar-refractivity contribution in [3.05, 3.63) is 35.9 Å². The van der Waals surface area contributed by atoms with E-state index < -0.39 is 0 Å². The fraction of sp³-hybridized carbons (Fsp3) is 0.412. The molecule has 1 fully saturated rings. The maximum absolute atomic E-state index is 13.3. The van der Waals surface area contributed by atoms with Gasteiger partial charge in [0.15, 0.2) is 15.3 Å². The third-order valence-corrected chi connectivity index (χ3v) is 6.08. The molecule has 0 saturated carbocycles. The number of nitrogens with zero attached hydrogens (tertiary/aromatic N) is 6. The van der Waals surface area contributed by atoms with Gasteiger partial charge in [-0.1, -0.05) is 0 Å². The van der Waals surface area contributed by atoms with Crippen LogP contribution in [-0.2, 0) is 11.3 Å². The van der Waals surface area contributed by atoms with E-state index in [2.05, 4.69) is 29.0 Å². The molecule has 1 aliphatic rings. The van der Waals surface area contributed by atoms with Crippen molar-refractivity contribution in [2.75, 3.05) is 32.8 Å². The Morgan fingerprint density at radius 2 is 1.93 bits per heavy atom. The van der Waals surface area contributed by atoms with Crippen LogP contribution in [0.15, 0.2) is 33.8 Å². The highest BCUT2D eigenvalue weighted by atomic mass is 32.2. The predicted octanol–water partition coefficient (Wildman–Crippen LogP) is 2.73. The number of morpholine rings is 1. The van der Waals surface area contributed by atoms with Crippen molar-refractivity contribution in [2.24, 2.45) is 0 Å². The quantitative estimate of drug-likeness (QED) is 0.623. The molecule has 0 aliphatic carbocycles. The summed E-state index contributed by atoms with van der Waals surface area (Å²) in [6.45, 7) is 6.85. The van der Waals surface area contributed by atoms with Crippen LogP contribution in [0.25, 0.3) is 11.4 Å². The summed E-state index contributed by atoms with van der Waals surface area (Å²) >= 11 is 2.81. The van der Waals surface area contributed by atoms with Crippen molar-refractivity contribution in [1.29, 1.82) is 0 Å². The van der Waals surface area contributed by atoms with Crippen molar-refractivity contribution in [1.82, 2.24) is 29.0 Å². The average molecular weight is 407 g/mol. The summed E-state index contributed by atoms with van der Waals surface area (Å²) in [6.07, 6.45) is 0. The first kappa shape index (κ1) is 18.5. The van der Waals surface area contributed by atoms with E-state index in [0.717, 1.165) is 66.1 Å². The van der Waals surface area contributed by atoms with Crippen LogP contribution in [-0.4, -0.2) is 61.9 Å². The molecule has 0 radical (unpaired) electrons. The molecule has 3 aromatic rings. The second kappa shape index (κ2) is 8.42. The standard InChI is InChI=1S/C17H19FN6OS2/c1-12-19-17(27-22-12)26-16-21-20-15(13-2-4-14(18)5-3-13)24(16)7-6-23-8-10-25-11-9-23/h2-5H,6-11H2,1H3. The monoisotopic (exact) mass is 406 g/mol. The number of halogens is 1. The average Bonchev–Trinajstić information content (AvgIpc) is 3.28. The van der Waals surface area contributed by atoms with Gasteiger partial charge < -0.3 is 9.30 Å². The van der Waals surface area contributed by atoms with Crippen molar-refractivity contribution in [3.8, 4) is 11.4 Å². The third-order valence-electron chi connectivity index (χ3n) is 4.25. The Bertz CT molecular complexity index is 891. The van der Waals surface area contributed by atoms with Gasteiger partial charge in [0.05, 0.1) is 13.2 Å². The van der Waals surface area contributed by atoms with Gasteiger partial charge in [0.2, 0.25) is 0 Å². The lowest BCUT2D eigenvalue weighted by Crippen LogP contribution is -2.38. The third kappa shape index (κ3) is 4.52. The van der Waals surface area contributed by atoms with Gasteiger partial charge in [-0.05, 0) is 54.5 Å². The molecule has 10 heteroatoms. The highest BCUT2D eigenvalue weighted by Crippen LogP contribution is 2.30. The first-order valence-electron chi connectivity index (χ1n) is 8.66. The topological polar surface area (TPSA) is 69.0 Å². The van der Waals surface area contributed by atoms with Crippen LogP contribution in [0.2, 0.25) is 0 Å². The van der Waals surface area contributed by atoms with E-state index in [1.807, 2.05) is 6.92 Å². The molecule has 0 amide bonds. The van der Waals surface area contributed by atoms with Crippen LogP contribution in [0.3, 0.4) is 0 Å². The molecule has 0 atom stereocenters. The van der Waals surface area contributed by atoms with Crippen LogP contribution in [0.5, 0.6) is 0 Å². The zero-order valence-corrected chi connectivity index (χ0v) is 16.5. The summed E-state index contributed by atoms with van der Waals surface area (Å²) in [5.41, 5.74) is 0.839. The van der Waals surface area contributed by atoms with Gasteiger partial charge in [0.25, 0.3) is 0 Å². The molecule has 0 spiro atoms. The molecule has 0 unspecified atom stereocenters. The lowest BCUT2D eigenvalue weighted by Gasteiger charge is -2.26. The molecule has 2 aromatic heterocycles. The second-order valence-electron chi connectivity index (χ2n) is 6.13. The van der Waals surface area contributed by atoms with Crippen molar-refractivity contribution in [2.45, 2.75) is 23.0 Å². The number of hydrogen-bond acceptors (Lipinski definition) is 8. The molecule has 0 N–H and O–H groups in total. The van der Waals surface area contributed by atoms with E-state index >= 15 is 0 Å². The SMILES string of the molecule is Cc1nsc(Sc2nnc(-c3ccc(F)cc3)n2CCN2CCOCC2)n1. The van der Waals surface area contributed by atoms with Crippen LogP contribution in [0.4, 0.5) is 4.39 Å². The Labute approximate surface area is 164 Å². The molecule has 1 aliphatic heterocycles. The number of benzene rings is 1. The fourth-order valence-electron chi connectivity index (χ4n) is 2.84. The molecule has 142 valence electrons.